The van der Waals surface area contributed by atoms with Crippen LogP contribution in [0, 0.1) is 0 Å². The second-order valence-corrected chi connectivity index (χ2v) is 5.11. The van der Waals surface area contributed by atoms with Crippen LogP contribution in [0.5, 0.6) is 0 Å². The highest BCUT2D eigenvalue weighted by molar-refractivity contribution is 5.97. The lowest BCUT2D eigenvalue weighted by Crippen LogP contribution is -2.20. The number of carbonyl (C=O) groups is 1. The quantitative estimate of drug-likeness (QED) is 0.878. The molecule has 0 aliphatic heterocycles. The highest BCUT2D eigenvalue weighted by atomic mass is 16.2. The van der Waals surface area contributed by atoms with Crippen molar-refractivity contribution in [2.24, 2.45) is 5.10 Å². The van der Waals surface area contributed by atoms with Crippen LogP contribution in [0.3, 0.4) is 0 Å². The van der Waals surface area contributed by atoms with E-state index in [1.807, 2.05) is 36.4 Å². The molecule has 1 aliphatic rings. The van der Waals surface area contributed by atoms with E-state index < -0.39 is 0 Å². The maximum atomic E-state index is 12.0. The van der Waals surface area contributed by atoms with Crippen molar-refractivity contribution in [2.75, 3.05) is 0 Å². The van der Waals surface area contributed by atoms with Gasteiger partial charge in [-0.3, -0.25) is 9.78 Å². The first-order valence-corrected chi connectivity index (χ1v) is 7.17. The Labute approximate surface area is 123 Å². The Hall–Kier alpha value is -2.49. The average Bonchev–Trinajstić information content (AvgIpc) is 3.03. The number of amides is 1. The maximum absolute atomic E-state index is 12.0. The van der Waals surface area contributed by atoms with Crippen LogP contribution in [0.1, 0.15) is 41.2 Å². The molecule has 0 spiro atoms. The van der Waals surface area contributed by atoms with Crippen LogP contribution in [0.15, 0.2) is 59.8 Å². The predicted octanol–water partition coefficient (Wildman–Crippen LogP) is 3.14. The third kappa shape index (κ3) is 3.16. The summed E-state index contributed by atoms with van der Waals surface area (Å²) in [6, 6.07) is 15.0. The van der Waals surface area contributed by atoms with E-state index in [0.29, 0.717) is 5.56 Å². The minimum Gasteiger partial charge on any atom is -0.267 e. The van der Waals surface area contributed by atoms with Crippen molar-refractivity contribution in [3.8, 4) is 0 Å². The molecule has 1 fully saturated rings. The molecule has 1 N–H and O–H groups in total. The molecule has 1 aromatic carbocycles. The van der Waals surface area contributed by atoms with Crippen molar-refractivity contribution in [3.63, 3.8) is 0 Å². The molecule has 0 radical (unpaired) electrons. The lowest BCUT2D eigenvalue weighted by atomic mass is 10.0. The number of nitrogens with zero attached hydrogens (tertiary/aromatic N) is 2. The van der Waals surface area contributed by atoms with Crippen LogP contribution in [-0.4, -0.2) is 16.6 Å². The summed E-state index contributed by atoms with van der Waals surface area (Å²) in [6.07, 6.45) is 4.84. The number of hydrogen-bond donors (Lipinski definition) is 1. The zero-order chi connectivity index (χ0) is 14.5. The highest BCUT2D eigenvalue weighted by Gasteiger charge is 2.25. The van der Waals surface area contributed by atoms with Gasteiger partial charge >= 0.3 is 0 Å². The van der Waals surface area contributed by atoms with Crippen LogP contribution >= 0.6 is 0 Å². The van der Waals surface area contributed by atoms with Crippen molar-refractivity contribution < 1.29 is 4.79 Å². The highest BCUT2D eigenvalue weighted by Crippen LogP contribution is 2.30. The van der Waals surface area contributed by atoms with Crippen LogP contribution in [0.2, 0.25) is 0 Å². The molecule has 21 heavy (non-hydrogen) atoms. The van der Waals surface area contributed by atoms with Crippen LogP contribution in [-0.2, 0) is 0 Å². The van der Waals surface area contributed by atoms with Gasteiger partial charge in [-0.05, 0) is 43.5 Å². The summed E-state index contributed by atoms with van der Waals surface area (Å²) in [5.74, 6) is 0.0528. The molecule has 1 amide bonds. The Kier molecular flexibility index (Phi) is 4.05. The molecule has 106 valence electrons. The number of aromatic nitrogens is 1. The first kappa shape index (κ1) is 13.5. The van der Waals surface area contributed by atoms with Crippen molar-refractivity contribution in [3.05, 3.63) is 66.0 Å². The van der Waals surface area contributed by atoms with Crippen molar-refractivity contribution in [2.45, 2.75) is 25.2 Å². The van der Waals surface area contributed by atoms with Crippen LogP contribution < -0.4 is 5.43 Å². The fourth-order valence-electron chi connectivity index (χ4n) is 2.64. The van der Waals surface area contributed by atoms with Crippen molar-refractivity contribution >= 4 is 11.6 Å². The fraction of sp³-hybridized carbons (Fsp3) is 0.235. The predicted molar refractivity (Wildman–Crippen MR) is 82.2 cm³/mol. The lowest BCUT2D eigenvalue weighted by molar-refractivity contribution is 0.0954. The Morgan fingerprint density at radius 3 is 2.71 bits per heavy atom. The van der Waals surface area contributed by atoms with Gasteiger partial charge in [0.25, 0.3) is 5.91 Å². The van der Waals surface area contributed by atoms with E-state index in [1.54, 1.807) is 18.3 Å². The summed E-state index contributed by atoms with van der Waals surface area (Å²) in [5.41, 5.74) is 5.32. The minimum absolute atomic E-state index is 0.172. The Balaban J connectivity index is 1.72. The molecule has 1 unspecified atom stereocenters. The second-order valence-electron chi connectivity index (χ2n) is 5.11. The molecule has 0 bridgehead atoms. The summed E-state index contributed by atoms with van der Waals surface area (Å²) in [6.45, 7) is 0. The number of carbonyl (C=O) groups excluding carboxylic acids is 1. The lowest BCUT2D eigenvalue weighted by Gasteiger charge is -2.10. The van der Waals surface area contributed by atoms with E-state index in [4.69, 9.17) is 0 Å². The van der Waals surface area contributed by atoms with Gasteiger partial charge in [0, 0.05) is 29.1 Å². The number of nitrogens with one attached hydrogen (secondary N) is 1. The normalized spacial score (nSPS) is 19.6. The topological polar surface area (TPSA) is 54.4 Å². The molecular formula is C17H17N3O. The molecule has 4 nitrogen and oxygen atoms in total. The summed E-state index contributed by atoms with van der Waals surface area (Å²) in [5, 5.41) is 4.33. The zero-order valence-corrected chi connectivity index (χ0v) is 11.7. The molecule has 2 aromatic rings. The van der Waals surface area contributed by atoms with Gasteiger partial charge in [-0.15, -0.1) is 0 Å². The van der Waals surface area contributed by atoms with Gasteiger partial charge in [-0.25, -0.2) is 5.43 Å². The molecule has 3 rings (SSSR count). The third-order valence-corrected chi connectivity index (χ3v) is 3.71. The monoisotopic (exact) mass is 279 g/mol. The number of rotatable bonds is 3. The molecule has 1 aliphatic carbocycles. The van der Waals surface area contributed by atoms with Gasteiger partial charge in [0.2, 0.25) is 0 Å². The minimum atomic E-state index is -0.172. The van der Waals surface area contributed by atoms with E-state index in [2.05, 4.69) is 15.5 Å². The van der Waals surface area contributed by atoms with Gasteiger partial charge in [0.1, 0.15) is 0 Å². The fourth-order valence-corrected chi connectivity index (χ4v) is 2.64. The van der Waals surface area contributed by atoms with E-state index in [1.165, 1.54) is 0 Å². The Morgan fingerprint density at radius 2 is 1.95 bits per heavy atom. The Morgan fingerprint density at radius 1 is 1.14 bits per heavy atom. The molecule has 1 aromatic heterocycles. The Bertz CT molecular complexity index is 638. The van der Waals surface area contributed by atoms with Gasteiger partial charge in [-0.1, -0.05) is 24.3 Å². The maximum Gasteiger partial charge on any atom is 0.271 e. The first-order valence-electron chi connectivity index (χ1n) is 7.17. The summed E-state index contributed by atoms with van der Waals surface area (Å²) >= 11 is 0. The number of benzene rings is 1. The third-order valence-electron chi connectivity index (χ3n) is 3.71. The largest absolute Gasteiger partial charge is 0.271 e. The molecule has 1 heterocycles. The second kappa shape index (κ2) is 6.31. The van der Waals surface area contributed by atoms with E-state index >= 15 is 0 Å². The van der Waals surface area contributed by atoms with Crippen LogP contribution in [0.4, 0.5) is 0 Å². The molecule has 1 saturated carbocycles. The van der Waals surface area contributed by atoms with Crippen molar-refractivity contribution in [1.29, 1.82) is 0 Å². The van der Waals surface area contributed by atoms with Crippen molar-refractivity contribution in [1.82, 2.24) is 10.4 Å². The number of hydrogen-bond acceptors (Lipinski definition) is 3. The average molecular weight is 279 g/mol. The van der Waals surface area contributed by atoms with Gasteiger partial charge in [0.05, 0.1) is 0 Å². The van der Waals surface area contributed by atoms with Gasteiger partial charge in [0.15, 0.2) is 0 Å². The van der Waals surface area contributed by atoms with Gasteiger partial charge in [-0.2, -0.15) is 5.10 Å². The van der Waals surface area contributed by atoms with Crippen LogP contribution in [0.25, 0.3) is 0 Å². The molecular weight excluding hydrogens is 262 g/mol. The zero-order valence-electron chi connectivity index (χ0n) is 11.7. The van der Waals surface area contributed by atoms with E-state index in [0.717, 1.165) is 30.7 Å². The van der Waals surface area contributed by atoms with Gasteiger partial charge < -0.3 is 0 Å². The number of pyridine rings is 1. The smallest absolute Gasteiger partial charge is 0.267 e. The van der Waals surface area contributed by atoms with E-state index in [-0.39, 0.29) is 11.8 Å². The summed E-state index contributed by atoms with van der Waals surface area (Å²) in [4.78, 5) is 16.4. The molecule has 4 heteroatoms. The first-order chi connectivity index (χ1) is 10.3. The summed E-state index contributed by atoms with van der Waals surface area (Å²) in [7, 11) is 0. The standard InChI is InChI=1S/C17H17N3O/c21-17(13-7-2-1-3-8-13)20-19-16-11-6-9-14(16)15-10-4-5-12-18-15/h1-5,7-8,10,12,14H,6,9,11H2,(H,20,21)/b19-16+. The van der Waals surface area contributed by atoms with E-state index in [9.17, 15) is 4.79 Å². The number of hydrazone groups is 1. The molecule has 1 atom stereocenters. The molecule has 0 saturated heterocycles. The SMILES string of the molecule is O=C(N/N=C1\CCCC1c1ccccn1)c1ccccc1. The summed E-state index contributed by atoms with van der Waals surface area (Å²) < 4.78 is 0.